The first-order chi connectivity index (χ1) is 16.5. The first-order valence-electron chi connectivity index (χ1n) is 10.9. The summed E-state index contributed by atoms with van der Waals surface area (Å²) in [6.45, 7) is 4.69. The largest absolute Gasteiger partial charge is 0.347 e. The highest BCUT2D eigenvalue weighted by atomic mass is 19.1. The summed E-state index contributed by atoms with van der Waals surface area (Å²) in [4.78, 5) is 17.5. The van der Waals surface area contributed by atoms with Gasteiger partial charge in [-0.15, -0.1) is 10.2 Å². The van der Waals surface area contributed by atoms with E-state index >= 15 is 0 Å². The molecule has 10 heteroatoms. The molecule has 0 unspecified atom stereocenters. The van der Waals surface area contributed by atoms with Gasteiger partial charge in [-0.05, 0) is 50.2 Å². The summed E-state index contributed by atoms with van der Waals surface area (Å²) in [6, 6.07) is 12.0. The fourth-order valence-corrected chi connectivity index (χ4v) is 3.86. The summed E-state index contributed by atoms with van der Waals surface area (Å²) in [5.41, 5.74) is 2.21. The number of nitrogens with zero attached hydrogens (tertiary/aromatic N) is 6. The van der Waals surface area contributed by atoms with Gasteiger partial charge in [-0.3, -0.25) is 9.89 Å². The van der Waals surface area contributed by atoms with Crippen molar-refractivity contribution in [3.8, 4) is 11.5 Å². The molecule has 0 saturated carbocycles. The van der Waals surface area contributed by atoms with Crippen LogP contribution in [-0.4, -0.2) is 40.4 Å². The molecule has 0 aliphatic carbocycles. The normalized spacial score (nSPS) is 11.4. The van der Waals surface area contributed by atoms with E-state index < -0.39 is 11.7 Å². The third-order valence-electron chi connectivity index (χ3n) is 5.62. The molecule has 0 fully saturated rings. The maximum absolute atomic E-state index is 14.8. The van der Waals surface area contributed by atoms with Crippen molar-refractivity contribution in [3.05, 3.63) is 78.3 Å². The summed E-state index contributed by atoms with van der Waals surface area (Å²) in [7, 11) is 0. The number of anilines is 1. The molecule has 34 heavy (non-hydrogen) atoms. The Morgan fingerprint density at radius 3 is 2.88 bits per heavy atom. The Morgan fingerprint density at radius 2 is 2.09 bits per heavy atom. The average Bonchev–Trinajstić information content (AvgIpc) is 3.58. The van der Waals surface area contributed by atoms with E-state index in [-0.39, 0.29) is 11.6 Å². The van der Waals surface area contributed by atoms with Gasteiger partial charge in [0.25, 0.3) is 5.91 Å². The first-order valence-corrected chi connectivity index (χ1v) is 10.9. The van der Waals surface area contributed by atoms with Gasteiger partial charge in [0, 0.05) is 42.3 Å². The number of aromatic amines is 1. The van der Waals surface area contributed by atoms with Gasteiger partial charge in [0.1, 0.15) is 23.7 Å². The zero-order chi connectivity index (χ0) is 23.7. The summed E-state index contributed by atoms with van der Waals surface area (Å²) in [5.74, 6) is -0.275. The number of carbonyl (C=O) groups excluding carboxylic acids is 1. The molecule has 9 nitrogen and oxygen atoms in total. The van der Waals surface area contributed by atoms with Crippen molar-refractivity contribution in [2.24, 2.45) is 0 Å². The maximum atomic E-state index is 14.8. The number of aryl methyl sites for hydroxylation is 2. The fourth-order valence-electron chi connectivity index (χ4n) is 3.86. The topological polar surface area (TPSA) is 106 Å². The molecule has 5 rings (SSSR count). The van der Waals surface area contributed by atoms with Crippen LogP contribution in [-0.2, 0) is 13.0 Å². The van der Waals surface area contributed by atoms with E-state index in [2.05, 4.69) is 30.7 Å². The molecule has 0 aliphatic heterocycles. The van der Waals surface area contributed by atoms with Crippen LogP contribution in [0.4, 0.5) is 10.2 Å². The van der Waals surface area contributed by atoms with E-state index in [4.69, 9.17) is 0 Å². The number of amides is 1. The molecule has 1 amide bonds. The Balaban J connectivity index is 1.39. The van der Waals surface area contributed by atoms with Gasteiger partial charge < -0.3 is 14.5 Å². The van der Waals surface area contributed by atoms with Crippen molar-refractivity contribution in [3.63, 3.8) is 0 Å². The number of pyridine rings is 1. The highest BCUT2D eigenvalue weighted by molar-refractivity contribution is 6.06. The van der Waals surface area contributed by atoms with E-state index in [0.717, 1.165) is 16.6 Å². The molecule has 0 saturated heterocycles. The monoisotopic (exact) mass is 458 g/mol. The number of H-pyrrole nitrogens is 1. The predicted octanol–water partition coefficient (Wildman–Crippen LogP) is 4.23. The van der Waals surface area contributed by atoms with Crippen molar-refractivity contribution in [1.29, 1.82) is 0 Å². The van der Waals surface area contributed by atoms with Crippen molar-refractivity contribution in [2.45, 2.75) is 32.9 Å². The Bertz CT molecular complexity index is 1450. The Hall–Kier alpha value is -4.34. The van der Waals surface area contributed by atoms with Gasteiger partial charge in [0.05, 0.1) is 11.3 Å². The number of fused-ring (bicyclic) bond motifs is 1. The van der Waals surface area contributed by atoms with Crippen molar-refractivity contribution < 1.29 is 9.18 Å². The van der Waals surface area contributed by atoms with E-state index in [9.17, 15) is 9.18 Å². The van der Waals surface area contributed by atoms with E-state index in [1.54, 1.807) is 36.8 Å². The van der Waals surface area contributed by atoms with Crippen LogP contribution in [0.15, 0.2) is 61.2 Å². The Labute approximate surface area is 194 Å². The number of aromatic nitrogens is 7. The molecule has 2 N–H and O–H groups in total. The first kappa shape index (κ1) is 21.5. The number of benzene rings is 1. The number of rotatable bonds is 7. The number of hydrogen-bond donors (Lipinski definition) is 2. The van der Waals surface area contributed by atoms with Crippen LogP contribution in [0.25, 0.3) is 22.4 Å². The number of carbonyl (C=O) groups is 1. The number of hydrogen-bond acceptors (Lipinski definition) is 5. The Morgan fingerprint density at radius 1 is 1.21 bits per heavy atom. The second-order valence-electron chi connectivity index (χ2n) is 8.23. The van der Waals surface area contributed by atoms with Crippen molar-refractivity contribution in [2.75, 3.05) is 5.32 Å². The molecule has 0 atom stereocenters. The fraction of sp³-hybridized carbons (Fsp3) is 0.208. The minimum Gasteiger partial charge on any atom is -0.347 e. The third kappa shape index (κ3) is 4.17. The minimum absolute atomic E-state index is 0.0511. The standard InChI is InChI=1S/C24H23FN8O/c1-15(2)33-14-27-31-23(33)20-4-3-5-22(28-20)29-24(34)18-13-21-16(12-19(18)25)7-10-32(21)11-8-17-6-9-26-30-17/h3-7,9-10,12-15H,8,11H2,1-2H3,(H,26,30)(H,28,29,34). The zero-order valence-electron chi connectivity index (χ0n) is 18.7. The van der Waals surface area contributed by atoms with Gasteiger partial charge in [-0.2, -0.15) is 5.10 Å². The lowest BCUT2D eigenvalue weighted by atomic mass is 10.1. The molecule has 172 valence electrons. The van der Waals surface area contributed by atoms with E-state index in [1.807, 2.05) is 41.3 Å². The lowest BCUT2D eigenvalue weighted by Crippen LogP contribution is -2.15. The van der Waals surface area contributed by atoms with Crippen LogP contribution in [0.1, 0.15) is 35.9 Å². The Kier molecular flexibility index (Phi) is 5.62. The molecule has 1 aromatic carbocycles. The molecule has 0 aliphatic rings. The van der Waals surface area contributed by atoms with E-state index in [0.29, 0.717) is 30.3 Å². The molecule has 4 aromatic heterocycles. The molecular formula is C24H23FN8O. The molecule has 0 radical (unpaired) electrons. The lowest BCUT2D eigenvalue weighted by molar-refractivity contribution is 0.102. The molecule has 0 bridgehead atoms. The van der Waals surface area contributed by atoms with Gasteiger partial charge >= 0.3 is 0 Å². The van der Waals surface area contributed by atoms with Crippen LogP contribution in [0.5, 0.6) is 0 Å². The number of halogens is 1. The van der Waals surface area contributed by atoms with Crippen molar-refractivity contribution >= 4 is 22.6 Å². The van der Waals surface area contributed by atoms with Crippen LogP contribution in [0.2, 0.25) is 0 Å². The van der Waals surface area contributed by atoms with Gasteiger partial charge in [-0.1, -0.05) is 6.07 Å². The van der Waals surface area contributed by atoms with Crippen LogP contribution < -0.4 is 5.32 Å². The zero-order valence-corrected chi connectivity index (χ0v) is 18.7. The summed E-state index contributed by atoms with van der Waals surface area (Å²) in [5, 5.41) is 18.5. The van der Waals surface area contributed by atoms with Crippen LogP contribution >= 0.6 is 0 Å². The van der Waals surface area contributed by atoms with Gasteiger partial charge in [0.15, 0.2) is 5.82 Å². The third-order valence-corrected chi connectivity index (χ3v) is 5.62. The molecule has 0 spiro atoms. The quantitative estimate of drug-likeness (QED) is 0.380. The predicted molar refractivity (Wildman–Crippen MR) is 126 cm³/mol. The maximum Gasteiger partial charge on any atom is 0.259 e. The van der Waals surface area contributed by atoms with Crippen molar-refractivity contribution in [1.82, 2.24) is 34.5 Å². The summed E-state index contributed by atoms with van der Waals surface area (Å²) < 4.78 is 18.7. The molecule has 4 heterocycles. The second kappa shape index (κ2) is 8.89. The van der Waals surface area contributed by atoms with Gasteiger partial charge in [0.2, 0.25) is 0 Å². The molecular weight excluding hydrogens is 435 g/mol. The summed E-state index contributed by atoms with van der Waals surface area (Å²) >= 11 is 0. The highest BCUT2D eigenvalue weighted by Crippen LogP contribution is 2.23. The minimum atomic E-state index is -0.592. The SMILES string of the molecule is CC(C)n1cnnc1-c1cccc(NC(=O)c2cc3c(ccn3CCc3cc[nH]n3)cc2F)n1. The van der Waals surface area contributed by atoms with Crippen LogP contribution in [0, 0.1) is 5.82 Å². The smallest absolute Gasteiger partial charge is 0.259 e. The van der Waals surface area contributed by atoms with Crippen LogP contribution in [0.3, 0.4) is 0 Å². The van der Waals surface area contributed by atoms with E-state index in [1.165, 1.54) is 6.07 Å². The van der Waals surface area contributed by atoms with Gasteiger partial charge in [-0.25, -0.2) is 9.37 Å². The average molecular weight is 459 g/mol. The highest BCUT2D eigenvalue weighted by Gasteiger charge is 2.17. The molecule has 5 aromatic rings. The lowest BCUT2D eigenvalue weighted by Gasteiger charge is -2.11. The number of nitrogens with one attached hydrogen (secondary N) is 2. The second-order valence-corrected chi connectivity index (χ2v) is 8.23. The summed E-state index contributed by atoms with van der Waals surface area (Å²) in [6.07, 6.45) is 6.01.